The molecule has 370 valence electrons. The number of hydrogen-bond donors (Lipinski definition) is 7. The molecule has 0 radical (unpaired) electrons. The van der Waals surface area contributed by atoms with Crippen molar-refractivity contribution in [3.63, 3.8) is 0 Å². The van der Waals surface area contributed by atoms with Gasteiger partial charge in [-0.1, -0.05) is 182 Å². The summed E-state index contributed by atoms with van der Waals surface area (Å²) < 4.78 is 35.0. The fraction of sp³-hybridized carbons (Fsp3) is 1.00. The Morgan fingerprint density at radius 2 is 0.823 bits per heavy atom. The lowest BCUT2D eigenvalue weighted by Crippen LogP contribution is -2.61. The molecule has 2 rings (SSSR count). The summed E-state index contributed by atoms with van der Waals surface area (Å²) >= 11 is 0. The van der Waals surface area contributed by atoms with Gasteiger partial charge in [-0.3, -0.25) is 0 Å². The summed E-state index contributed by atoms with van der Waals surface area (Å²) in [5, 5.41) is 72.1. The van der Waals surface area contributed by atoms with E-state index in [1.807, 2.05) is 0 Å². The minimum Gasteiger partial charge on any atom is -0.394 e. The predicted octanol–water partition coefficient (Wildman–Crippen LogP) is 7.48. The Bertz CT molecular complexity index is 1010. The van der Waals surface area contributed by atoms with E-state index in [4.69, 9.17) is 28.4 Å². The highest BCUT2D eigenvalue weighted by Gasteiger charge is 2.47. The molecule has 0 amide bonds. The maximum absolute atomic E-state index is 10.8. The second-order valence-corrected chi connectivity index (χ2v) is 18.8. The third kappa shape index (κ3) is 24.8. The highest BCUT2D eigenvalue weighted by atomic mass is 16.7. The molecule has 2 aliphatic heterocycles. The summed E-state index contributed by atoms with van der Waals surface area (Å²) in [7, 11) is 0. The van der Waals surface area contributed by atoms with Crippen molar-refractivity contribution < 1.29 is 64.2 Å². The lowest BCUT2D eigenvalue weighted by Gasteiger charge is -2.42. The second kappa shape index (κ2) is 36.6. The van der Waals surface area contributed by atoms with Crippen molar-refractivity contribution in [2.24, 2.45) is 11.8 Å². The summed E-state index contributed by atoms with van der Waals surface area (Å²) in [5.41, 5.74) is 0. The highest BCUT2D eigenvalue weighted by Crippen LogP contribution is 2.27. The lowest BCUT2D eigenvalue weighted by atomic mass is 9.98. The van der Waals surface area contributed by atoms with Crippen LogP contribution in [-0.4, -0.2) is 143 Å². The van der Waals surface area contributed by atoms with Crippen molar-refractivity contribution in [1.29, 1.82) is 0 Å². The van der Waals surface area contributed by atoms with Gasteiger partial charge in [-0.2, -0.15) is 0 Å². The molecular weight excluding hydrogens is 797 g/mol. The highest BCUT2D eigenvalue weighted by molar-refractivity contribution is 4.91. The van der Waals surface area contributed by atoms with Crippen molar-refractivity contribution in [2.75, 3.05) is 39.6 Å². The van der Waals surface area contributed by atoms with Crippen LogP contribution in [0.4, 0.5) is 0 Å². The molecular formula is C49H96O13. The van der Waals surface area contributed by atoms with Crippen LogP contribution in [0.5, 0.6) is 0 Å². The van der Waals surface area contributed by atoms with Crippen LogP contribution >= 0.6 is 0 Å². The summed E-state index contributed by atoms with van der Waals surface area (Å²) in [4.78, 5) is 0. The van der Waals surface area contributed by atoms with Crippen LogP contribution < -0.4 is 0 Å². The number of aliphatic hydroxyl groups excluding tert-OH is 7. The number of unbranched alkanes of at least 4 members (excludes halogenated alkanes) is 20. The van der Waals surface area contributed by atoms with Gasteiger partial charge < -0.3 is 64.2 Å². The normalized spacial score (nSPS) is 28.3. The monoisotopic (exact) mass is 893 g/mol. The van der Waals surface area contributed by atoms with E-state index in [2.05, 4.69) is 27.7 Å². The minimum absolute atomic E-state index is 0.0142. The molecule has 2 aliphatic rings. The van der Waals surface area contributed by atoms with Crippen LogP contribution in [0.25, 0.3) is 0 Å². The zero-order valence-corrected chi connectivity index (χ0v) is 39.7. The van der Waals surface area contributed by atoms with Gasteiger partial charge in [-0.15, -0.1) is 0 Å². The van der Waals surface area contributed by atoms with E-state index in [1.165, 1.54) is 141 Å². The van der Waals surface area contributed by atoms with Gasteiger partial charge in [0, 0.05) is 13.2 Å². The van der Waals surface area contributed by atoms with Gasteiger partial charge in [0.05, 0.1) is 26.4 Å². The summed E-state index contributed by atoms with van der Waals surface area (Å²) in [5.74, 6) is 1.72. The SMILES string of the molecule is CCC(C)CCCCCCCCCCCCCOCC(CO[C@@H]1O[C@H](CO[C@@H]2O[C@H](CO)[C@@H](O)[C@H](O)[C@H]2O)[C@@H](O)[C@H](O)[C@H]1O)OCCCCCCCCCCCCCC(C)CC. The Kier molecular flexibility index (Phi) is 34.0. The molecule has 13 atom stereocenters. The average Bonchev–Trinajstić information content (AvgIpc) is 3.27. The van der Waals surface area contributed by atoms with E-state index >= 15 is 0 Å². The van der Waals surface area contributed by atoms with E-state index in [1.54, 1.807) is 0 Å². The van der Waals surface area contributed by atoms with E-state index in [0.29, 0.717) is 19.8 Å². The summed E-state index contributed by atoms with van der Waals surface area (Å²) in [6, 6.07) is 0. The van der Waals surface area contributed by atoms with Crippen molar-refractivity contribution >= 4 is 0 Å². The molecule has 0 spiro atoms. The molecule has 0 bridgehead atoms. The summed E-state index contributed by atoms with van der Waals surface area (Å²) in [6.07, 6.45) is 17.8. The van der Waals surface area contributed by atoms with Gasteiger partial charge >= 0.3 is 0 Å². The molecule has 0 aromatic heterocycles. The van der Waals surface area contributed by atoms with E-state index < -0.39 is 80.7 Å². The lowest BCUT2D eigenvalue weighted by molar-refractivity contribution is -0.333. The van der Waals surface area contributed by atoms with E-state index in [-0.39, 0.29) is 6.61 Å². The maximum atomic E-state index is 10.8. The van der Waals surface area contributed by atoms with Crippen LogP contribution in [0, 0.1) is 11.8 Å². The topological polar surface area (TPSA) is 197 Å². The van der Waals surface area contributed by atoms with Crippen molar-refractivity contribution in [3.05, 3.63) is 0 Å². The average molecular weight is 893 g/mol. The van der Waals surface area contributed by atoms with Crippen LogP contribution in [-0.2, 0) is 28.4 Å². The maximum Gasteiger partial charge on any atom is 0.186 e. The van der Waals surface area contributed by atoms with Crippen LogP contribution in [0.1, 0.15) is 195 Å². The van der Waals surface area contributed by atoms with Crippen molar-refractivity contribution in [2.45, 2.75) is 262 Å². The molecule has 7 N–H and O–H groups in total. The fourth-order valence-electron chi connectivity index (χ4n) is 8.28. The minimum atomic E-state index is -1.65. The molecule has 2 fully saturated rings. The zero-order valence-electron chi connectivity index (χ0n) is 39.7. The first kappa shape index (κ1) is 57.6. The van der Waals surface area contributed by atoms with Crippen molar-refractivity contribution in [3.8, 4) is 0 Å². The number of rotatable bonds is 40. The molecule has 13 nitrogen and oxygen atoms in total. The Morgan fingerprint density at radius 1 is 0.435 bits per heavy atom. The fourth-order valence-corrected chi connectivity index (χ4v) is 8.28. The van der Waals surface area contributed by atoms with Crippen molar-refractivity contribution in [1.82, 2.24) is 0 Å². The van der Waals surface area contributed by atoms with Gasteiger partial charge in [0.2, 0.25) is 0 Å². The second-order valence-electron chi connectivity index (χ2n) is 18.8. The molecule has 0 saturated carbocycles. The van der Waals surface area contributed by atoms with Gasteiger partial charge in [0.1, 0.15) is 54.9 Å². The van der Waals surface area contributed by atoms with E-state index in [9.17, 15) is 35.7 Å². The number of hydrogen-bond acceptors (Lipinski definition) is 13. The molecule has 0 aliphatic carbocycles. The van der Waals surface area contributed by atoms with Gasteiger partial charge in [-0.05, 0) is 24.7 Å². The van der Waals surface area contributed by atoms with Crippen LogP contribution in [0.15, 0.2) is 0 Å². The van der Waals surface area contributed by atoms with E-state index in [0.717, 1.165) is 37.5 Å². The third-order valence-corrected chi connectivity index (χ3v) is 13.3. The molecule has 2 heterocycles. The number of aliphatic hydroxyl groups is 7. The first-order chi connectivity index (χ1) is 30.0. The quantitative estimate of drug-likeness (QED) is 0.0299. The smallest absolute Gasteiger partial charge is 0.186 e. The summed E-state index contributed by atoms with van der Waals surface area (Å²) in [6.45, 7) is 9.68. The Labute approximate surface area is 376 Å². The molecule has 13 heteroatoms. The Hall–Kier alpha value is -0.520. The Morgan fingerprint density at radius 3 is 1.27 bits per heavy atom. The van der Waals surface area contributed by atoms with Gasteiger partial charge in [-0.25, -0.2) is 0 Å². The molecule has 0 aromatic rings. The molecule has 0 aromatic carbocycles. The third-order valence-electron chi connectivity index (χ3n) is 13.3. The first-order valence-corrected chi connectivity index (χ1v) is 25.5. The largest absolute Gasteiger partial charge is 0.394 e. The predicted molar refractivity (Wildman–Crippen MR) is 243 cm³/mol. The zero-order chi connectivity index (χ0) is 45.4. The Balaban J connectivity index is 1.73. The molecule has 62 heavy (non-hydrogen) atoms. The van der Waals surface area contributed by atoms with Gasteiger partial charge in [0.15, 0.2) is 12.6 Å². The number of ether oxygens (including phenoxy) is 6. The first-order valence-electron chi connectivity index (χ1n) is 25.5. The van der Waals surface area contributed by atoms with Crippen LogP contribution in [0.2, 0.25) is 0 Å². The standard InChI is InChI=1S/C49H96O13/c1-5-37(3)29-25-21-17-13-9-7-11-15-19-23-27-31-57-34-39(58-32-28-24-20-16-12-8-10-14-18-22-26-30-38(4)6-2)35-59-48-47(56)45(54)43(52)41(62-48)36-60-49-46(55)44(53)42(51)40(33-50)61-49/h37-56H,5-36H2,1-4H3/t37?,38?,39?,40-,41-,42-,43-,44+,45+,46-,47-,48-,49-/m1/s1. The molecule has 2 saturated heterocycles. The molecule has 3 unspecified atom stereocenters. The van der Waals surface area contributed by atoms with Crippen LogP contribution in [0.3, 0.4) is 0 Å². The van der Waals surface area contributed by atoms with Gasteiger partial charge in [0.25, 0.3) is 0 Å².